The van der Waals surface area contributed by atoms with Crippen LogP contribution in [0.4, 0.5) is 0 Å². The fraction of sp³-hybridized carbons (Fsp3) is 0.0625. The van der Waals surface area contributed by atoms with Crippen LogP contribution in [0.3, 0.4) is 0 Å². The molecule has 0 amide bonds. The maximum Gasteiger partial charge on any atom is 0.342 e. The standard InChI is InChI=1S/C16H10BrNO4/c1-21-16(20)13-10(19)4-5-11-14(13)12-8-3-2-7(17)6-9(8)18-15(12)22-11/h2-6,18-19H,1H3. The zero-order valence-corrected chi connectivity index (χ0v) is 13.0. The third kappa shape index (κ3) is 1.67. The van der Waals surface area contributed by atoms with Gasteiger partial charge in [0.25, 0.3) is 0 Å². The van der Waals surface area contributed by atoms with Crippen LogP contribution in [0.1, 0.15) is 10.4 Å². The third-order valence-electron chi connectivity index (χ3n) is 3.72. The van der Waals surface area contributed by atoms with E-state index in [9.17, 15) is 9.90 Å². The number of hydrogen-bond acceptors (Lipinski definition) is 4. The molecule has 2 aromatic heterocycles. The summed E-state index contributed by atoms with van der Waals surface area (Å²) in [6.45, 7) is 0. The second-order valence-electron chi connectivity index (χ2n) is 4.95. The molecule has 0 spiro atoms. The largest absolute Gasteiger partial charge is 0.507 e. The Hall–Kier alpha value is -2.47. The molecule has 0 aliphatic heterocycles. The van der Waals surface area contributed by atoms with Crippen LogP contribution in [-0.2, 0) is 4.74 Å². The normalized spacial score (nSPS) is 11.5. The summed E-state index contributed by atoms with van der Waals surface area (Å²) >= 11 is 3.42. The van der Waals surface area contributed by atoms with E-state index in [1.807, 2.05) is 18.2 Å². The lowest BCUT2D eigenvalue weighted by Crippen LogP contribution is -2.02. The minimum Gasteiger partial charge on any atom is -0.507 e. The molecule has 0 saturated heterocycles. The minimum atomic E-state index is -0.600. The predicted molar refractivity (Wildman–Crippen MR) is 86.3 cm³/mol. The van der Waals surface area contributed by atoms with E-state index >= 15 is 0 Å². The molecule has 22 heavy (non-hydrogen) atoms. The Labute approximate surface area is 132 Å². The van der Waals surface area contributed by atoms with Gasteiger partial charge in [0.05, 0.1) is 18.0 Å². The van der Waals surface area contributed by atoms with Crippen LogP contribution in [0, 0.1) is 0 Å². The molecule has 5 nitrogen and oxygen atoms in total. The Kier molecular flexibility index (Phi) is 2.71. The van der Waals surface area contributed by atoms with Crippen LogP contribution >= 0.6 is 15.9 Å². The van der Waals surface area contributed by atoms with E-state index in [-0.39, 0.29) is 11.3 Å². The van der Waals surface area contributed by atoms with Crippen molar-refractivity contribution in [3.05, 3.63) is 40.4 Å². The Bertz CT molecular complexity index is 1060. The van der Waals surface area contributed by atoms with E-state index in [1.165, 1.54) is 13.2 Å². The maximum absolute atomic E-state index is 12.1. The minimum absolute atomic E-state index is 0.113. The highest BCUT2D eigenvalue weighted by Gasteiger charge is 2.23. The first-order valence-corrected chi connectivity index (χ1v) is 7.33. The number of rotatable bonds is 1. The van der Waals surface area contributed by atoms with Crippen molar-refractivity contribution in [1.82, 2.24) is 4.98 Å². The Morgan fingerprint density at radius 3 is 2.86 bits per heavy atom. The molecule has 2 heterocycles. The molecule has 0 saturated carbocycles. The van der Waals surface area contributed by atoms with Gasteiger partial charge in [-0.2, -0.15) is 0 Å². The lowest BCUT2D eigenvalue weighted by atomic mass is 10.0. The predicted octanol–water partition coefficient (Wildman–Crippen LogP) is 4.32. The van der Waals surface area contributed by atoms with Crippen molar-refractivity contribution in [2.24, 2.45) is 0 Å². The van der Waals surface area contributed by atoms with Gasteiger partial charge in [-0.1, -0.05) is 22.0 Å². The number of furan rings is 1. The first-order valence-electron chi connectivity index (χ1n) is 6.54. The molecule has 0 aliphatic rings. The molecule has 0 unspecified atom stereocenters. The topological polar surface area (TPSA) is 75.5 Å². The molecular weight excluding hydrogens is 350 g/mol. The van der Waals surface area contributed by atoms with Crippen molar-refractivity contribution in [1.29, 1.82) is 0 Å². The van der Waals surface area contributed by atoms with Gasteiger partial charge >= 0.3 is 5.97 Å². The van der Waals surface area contributed by atoms with Crippen molar-refractivity contribution < 1.29 is 19.1 Å². The van der Waals surface area contributed by atoms with Crippen LogP contribution < -0.4 is 0 Å². The number of aromatic nitrogens is 1. The molecular formula is C16H10BrNO4. The molecule has 0 bridgehead atoms. The molecule has 2 N–H and O–H groups in total. The molecule has 110 valence electrons. The lowest BCUT2D eigenvalue weighted by molar-refractivity contribution is 0.0600. The second-order valence-corrected chi connectivity index (χ2v) is 5.86. The van der Waals surface area contributed by atoms with E-state index in [0.29, 0.717) is 16.7 Å². The second kappa shape index (κ2) is 4.51. The van der Waals surface area contributed by atoms with Gasteiger partial charge in [-0.3, -0.25) is 0 Å². The quantitative estimate of drug-likeness (QED) is 0.496. The number of esters is 1. The van der Waals surface area contributed by atoms with E-state index in [2.05, 4.69) is 20.9 Å². The highest BCUT2D eigenvalue weighted by atomic mass is 79.9. The number of methoxy groups -OCH3 is 1. The number of phenols is 1. The van der Waals surface area contributed by atoms with Gasteiger partial charge < -0.3 is 19.2 Å². The fourth-order valence-corrected chi connectivity index (χ4v) is 3.16. The number of aromatic amines is 1. The summed E-state index contributed by atoms with van der Waals surface area (Å²) < 4.78 is 11.5. The van der Waals surface area contributed by atoms with Crippen molar-refractivity contribution >= 4 is 54.9 Å². The van der Waals surface area contributed by atoms with E-state index in [0.717, 1.165) is 20.8 Å². The van der Waals surface area contributed by atoms with Crippen molar-refractivity contribution in [3.8, 4) is 5.75 Å². The lowest BCUT2D eigenvalue weighted by Gasteiger charge is -2.04. The van der Waals surface area contributed by atoms with Crippen molar-refractivity contribution in [2.75, 3.05) is 7.11 Å². The summed E-state index contributed by atoms with van der Waals surface area (Å²) in [5.74, 6) is -0.731. The highest BCUT2D eigenvalue weighted by Crippen LogP contribution is 2.40. The van der Waals surface area contributed by atoms with Gasteiger partial charge in [0.1, 0.15) is 16.9 Å². The first kappa shape index (κ1) is 13.2. The Balaban J connectivity index is 2.25. The number of H-pyrrole nitrogens is 1. The Morgan fingerprint density at radius 2 is 2.09 bits per heavy atom. The zero-order valence-electron chi connectivity index (χ0n) is 11.4. The van der Waals surface area contributed by atoms with Crippen molar-refractivity contribution in [2.45, 2.75) is 0 Å². The van der Waals surface area contributed by atoms with Gasteiger partial charge in [0, 0.05) is 15.2 Å². The molecule has 0 atom stereocenters. The molecule has 0 fully saturated rings. The number of ether oxygens (including phenoxy) is 1. The van der Waals surface area contributed by atoms with Crippen LogP contribution in [0.2, 0.25) is 0 Å². The first-order chi connectivity index (χ1) is 10.6. The number of hydrogen-bond donors (Lipinski definition) is 2. The number of carbonyl (C=O) groups excluding carboxylic acids is 1. The van der Waals surface area contributed by atoms with Gasteiger partial charge in [-0.15, -0.1) is 0 Å². The molecule has 0 radical (unpaired) electrons. The van der Waals surface area contributed by atoms with E-state index in [4.69, 9.17) is 9.15 Å². The third-order valence-corrected chi connectivity index (χ3v) is 4.22. The van der Waals surface area contributed by atoms with Crippen LogP contribution in [-0.4, -0.2) is 23.2 Å². The average Bonchev–Trinajstić information content (AvgIpc) is 3.01. The van der Waals surface area contributed by atoms with Gasteiger partial charge in [0.2, 0.25) is 5.71 Å². The Morgan fingerprint density at radius 1 is 1.27 bits per heavy atom. The molecule has 4 rings (SSSR count). The summed E-state index contributed by atoms with van der Waals surface area (Å²) in [4.78, 5) is 15.2. The number of carbonyl (C=O) groups is 1. The number of aromatic hydroxyl groups is 1. The number of fused-ring (bicyclic) bond motifs is 5. The summed E-state index contributed by atoms with van der Waals surface area (Å²) in [6.07, 6.45) is 0. The molecule has 6 heteroatoms. The maximum atomic E-state index is 12.1. The van der Waals surface area contributed by atoms with Crippen LogP contribution in [0.5, 0.6) is 5.75 Å². The van der Waals surface area contributed by atoms with Crippen molar-refractivity contribution in [3.63, 3.8) is 0 Å². The number of phenolic OH excluding ortho intramolecular Hbond substituents is 1. The van der Waals surface area contributed by atoms with Crippen LogP contribution in [0.25, 0.3) is 33.0 Å². The number of nitrogens with one attached hydrogen (secondary N) is 1. The fourth-order valence-electron chi connectivity index (χ4n) is 2.79. The summed E-state index contributed by atoms with van der Waals surface area (Å²) in [5.41, 5.74) is 2.06. The zero-order chi connectivity index (χ0) is 15.4. The number of halogens is 1. The summed E-state index contributed by atoms with van der Waals surface area (Å²) in [7, 11) is 1.28. The van der Waals surface area contributed by atoms with E-state index < -0.39 is 5.97 Å². The SMILES string of the molecule is COC(=O)c1c(O)ccc2oc3[nH]c4cc(Br)ccc4c3c12. The monoisotopic (exact) mass is 359 g/mol. The molecule has 4 aromatic rings. The number of benzene rings is 2. The van der Waals surface area contributed by atoms with E-state index in [1.54, 1.807) is 6.07 Å². The van der Waals surface area contributed by atoms with Gasteiger partial charge in [-0.25, -0.2) is 4.79 Å². The summed E-state index contributed by atoms with van der Waals surface area (Å²) in [6, 6.07) is 8.83. The average molecular weight is 360 g/mol. The highest BCUT2D eigenvalue weighted by molar-refractivity contribution is 9.10. The van der Waals surface area contributed by atoms with Gasteiger partial charge in [-0.05, 0) is 24.3 Å². The smallest absolute Gasteiger partial charge is 0.342 e. The molecule has 2 aromatic carbocycles. The summed E-state index contributed by atoms with van der Waals surface area (Å²) in [5, 5.41) is 12.3. The van der Waals surface area contributed by atoms with Gasteiger partial charge in [0.15, 0.2) is 0 Å². The van der Waals surface area contributed by atoms with Crippen LogP contribution in [0.15, 0.2) is 39.2 Å². The molecule has 0 aliphatic carbocycles.